The Morgan fingerprint density at radius 2 is 2.05 bits per heavy atom. The minimum Gasteiger partial charge on any atom is -0.494 e. The number of aliphatic imine (C=N–C) groups is 1. The van der Waals surface area contributed by atoms with Crippen LogP contribution in [0.3, 0.4) is 0 Å². The fraction of sp³-hybridized carbons (Fsp3) is 0.588. The Hall–Kier alpha value is -1.78. The van der Waals surface area contributed by atoms with E-state index in [4.69, 9.17) is 4.74 Å². The average molecular weight is 307 g/mol. The summed E-state index contributed by atoms with van der Waals surface area (Å²) in [7, 11) is 3.24. The van der Waals surface area contributed by atoms with Crippen molar-refractivity contribution in [1.29, 1.82) is 0 Å². The van der Waals surface area contributed by atoms with Crippen molar-refractivity contribution in [2.24, 2.45) is 10.4 Å². The molecule has 1 heterocycles. The Balaban J connectivity index is 2.03. The second-order valence-corrected chi connectivity index (χ2v) is 6.90. The molecule has 0 spiro atoms. The predicted octanol–water partition coefficient (Wildman–Crippen LogP) is 3.03. The lowest BCUT2D eigenvalue weighted by Crippen LogP contribution is -2.72. The zero-order chi connectivity index (χ0) is 16.5. The van der Waals surface area contributed by atoms with Gasteiger partial charge in [0.05, 0.1) is 7.11 Å². The second-order valence-electron chi connectivity index (χ2n) is 6.90. The summed E-state index contributed by atoms with van der Waals surface area (Å²) in [6.45, 7) is 10.4. The first kappa shape index (κ1) is 16.6. The minimum atomic E-state index is -0.345. The molecule has 0 atom stereocenters. The first-order valence-electron chi connectivity index (χ1n) is 7.53. The smallest absolute Gasteiger partial charge is 0.194 e. The molecular formula is C17H26FN3O. The number of likely N-dealkylation sites (tertiary alicyclic amines) is 1. The zero-order valence-electron chi connectivity index (χ0n) is 14.3. The number of ether oxygens (including phenoxy) is 1. The van der Waals surface area contributed by atoms with Crippen LogP contribution < -0.4 is 10.1 Å². The van der Waals surface area contributed by atoms with Crippen LogP contribution >= 0.6 is 0 Å². The Labute approximate surface area is 132 Å². The van der Waals surface area contributed by atoms with Crippen molar-refractivity contribution in [1.82, 2.24) is 10.2 Å². The third-order valence-electron chi connectivity index (χ3n) is 5.02. The summed E-state index contributed by atoms with van der Waals surface area (Å²) in [5.41, 5.74) is 1.15. The number of benzene rings is 1. The van der Waals surface area contributed by atoms with Gasteiger partial charge in [0, 0.05) is 31.1 Å². The monoisotopic (exact) mass is 307 g/mol. The summed E-state index contributed by atoms with van der Waals surface area (Å²) in [6, 6.07) is 4.99. The van der Waals surface area contributed by atoms with Crippen LogP contribution in [0.4, 0.5) is 4.39 Å². The maximum absolute atomic E-state index is 13.7. The summed E-state index contributed by atoms with van der Waals surface area (Å²) in [5.74, 6) is 0.765. The van der Waals surface area contributed by atoms with Gasteiger partial charge in [-0.25, -0.2) is 4.39 Å². The summed E-state index contributed by atoms with van der Waals surface area (Å²) in [4.78, 5) is 6.61. The fourth-order valence-electron chi connectivity index (χ4n) is 2.70. The summed E-state index contributed by atoms with van der Waals surface area (Å²) in [5, 5.41) is 3.31. The van der Waals surface area contributed by atoms with Gasteiger partial charge in [-0.3, -0.25) is 4.99 Å². The molecule has 1 saturated heterocycles. The highest BCUT2D eigenvalue weighted by Gasteiger charge is 2.53. The highest BCUT2D eigenvalue weighted by Crippen LogP contribution is 2.46. The molecule has 0 aromatic heterocycles. The van der Waals surface area contributed by atoms with Crippen molar-refractivity contribution in [3.8, 4) is 5.75 Å². The molecule has 0 aliphatic carbocycles. The van der Waals surface area contributed by atoms with Crippen molar-refractivity contribution in [2.75, 3.05) is 20.7 Å². The maximum Gasteiger partial charge on any atom is 0.194 e. The highest BCUT2D eigenvalue weighted by molar-refractivity contribution is 5.82. The summed E-state index contributed by atoms with van der Waals surface area (Å²) < 4.78 is 18.7. The van der Waals surface area contributed by atoms with Crippen LogP contribution in [0.25, 0.3) is 0 Å². The van der Waals surface area contributed by atoms with Crippen molar-refractivity contribution in [3.05, 3.63) is 29.6 Å². The predicted molar refractivity (Wildman–Crippen MR) is 87.7 cm³/mol. The molecule has 2 rings (SSSR count). The summed E-state index contributed by atoms with van der Waals surface area (Å²) in [6.07, 6.45) is 0. The molecule has 0 saturated carbocycles. The average Bonchev–Trinajstić information content (AvgIpc) is 2.46. The Kier molecular flexibility index (Phi) is 4.36. The Morgan fingerprint density at radius 1 is 1.36 bits per heavy atom. The van der Waals surface area contributed by atoms with E-state index in [2.05, 4.69) is 42.9 Å². The SMILES string of the molecule is CN=C(NCc1ccc(OC)c(F)c1)N1CC(C)(C)C1(C)C. The number of nitrogens with zero attached hydrogens (tertiary/aromatic N) is 2. The number of methoxy groups -OCH3 is 1. The molecule has 0 radical (unpaired) electrons. The molecule has 4 nitrogen and oxygen atoms in total. The van der Waals surface area contributed by atoms with Gasteiger partial charge in [-0.15, -0.1) is 0 Å². The highest BCUT2D eigenvalue weighted by atomic mass is 19.1. The van der Waals surface area contributed by atoms with Crippen LogP contribution in [0.1, 0.15) is 33.3 Å². The molecule has 1 fully saturated rings. The molecule has 1 aromatic carbocycles. The largest absolute Gasteiger partial charge is 0.494 e. The van der Waals surface area contributed by atoms with E-state index in [-0.39, 0.29) is 22.5 Å². The molecule has 1 aromatic rings. The Bertz CT molecular complexity index is 581. The van der Waals surface area contributed by atoms with Crippen LogP contribution in [0.15, 0.2) is 23.2 Å². The molecule has 5 heteroatoms. The van der Waals surface area contributed by atoms with Crippen LogP contribution in [0.5, 0.6) is 5.75 Å². The number of hydrogen-bond donors (Lipinski definition) is 1. The standard InChI is InChI=1S/C17H26FN3O/c1-16(2)11-21(17(16,3)4)15(19-5)20-10-12-7-8-14(22-6)13(18)9-12/h7-9H,10-11H2,1-6H3,(H,19,20). The van der Waals surface area contributed by atoms with Crippen LogP contribution in [-0.2, 0) is 6.54 Å². The van der Waals surface area contributed by atoms with Gasteiger partial charge in [-0.1, -0.05) is 19.9 Å². The van der Waals surface area contributed by atoms with Crippen molar-refractivity contribution in [2.45, 2.75) is 39.8 Å². The number of halogens is 1. The van der Waals surface area contributed by atoms with Gasteiger partial charge in [0.15, 0.2) is 17.5 Å². The van der Waals surface area contributed by atoms with Crippen molar-refractivity contribution in [3.63, 3.8) is 0 Å². The molecule has 0 unspecified atom stereocenters. The van der Waals surface area contributed by atoms with Gasteiger partial charge < -0.3 is 15.0 Å². The van der Waals surface area contributed by atoms with E-state index in [0.717, 1.165) is 18.1 Å². The number of hydrogen-bond acceptors (Lipinski definition) is 2. The number of nitrogens with one attached hydrogen (secondary N) is 1. The molecule has 122 valence electrons. The number of rotatable bonds is 3. The van der Waals surface area contributed by atoms with E-state index in [1.165, 1.54) is 13.2 Å². The van der Waals surface area contributed by atoms with Gasteiger partial charge >= 0.3 is 0 Å². The normalized spacial score (nSPS) is 19.6. The van der Waals surface area contributed by atoms with E-state index < -0.39 is 0 Å². The molecule has 22 heavy (non-hydrogen) atoms. The minimum absolute atomic E-state index is 0.0417. The van der Waals surface area contributed by atoms with Crippen LogP contribution in [0.2, 0.25) is 0 Å². The third kappa shape index (κ3) is 2.76. The lowest BCUT2D eigenvalue weighted by molar-refractivity contribution is -0.0667. The maximum atomic E-state index is 13.7. The Morgan fingerprint density at radius 3 is 2.50 bits per heavy atom. The quantitative estimate of drug-likeness (QED) is 0.689. The molecule has 1 aliphatic heterocycles. The first-order chi connectivity index (χ1) is 10.2. The van der Waals surface area contributed by atoms with E-state index in [1.54, 1.807) is 13.1 Å². The van der Waals surface area contributed by atoms with Crippen molar-refractivity contribution >= 4 is 5.96 Å². The lowest BCUT2D eigenvalue weighted by atomic mass is 9.65. The van der Waals surface area contributed by atoms with E-state index in [0.29, 0.717) is 6.54 Å². The van der Waals surface area contributed by atoms with Crippen LogP contribution in [0, 0.1) is 11.2 Å². The third-order valence-corrected chi connectivity index (χ3v) is 5.02. The molecule has 1 N–H and O–H groups in total. The van der Waals surface area contributed by atoms with Gasteiger partial charge in [0.1, 0.15) is 0 Å². The van der Waals surface area contributed by atoms with Gasteiger partial charge in [0.2, 0.25) is 0 Å². The topological polar surface area (TPSA) is 36.9 Å². The number of guanidine groups is 1. The first-order valence-corrected chi connectivity index (χ1v) is 7.53. The lowest BCUT2D eigenvalue weighted by Gasteiger charge is -2.62. The second kappa shape index (κ2) is 5.78. The fourth-order valence-corrected chi connectivity index (χ4v) is 2.70. The molecule has 0 amide bonds. The molecule has 1 aliphatic rings. The van der Waals surface area contributed by atoms with Crippen LogP contribution in [-0.4, -0.2) is 37.1 Å². The van der Waals surface area contributed by atoms with Gasteiger partial charge in [-0.05, 0) is 31.5 Å². The zero-order valence-corrected chi connectivity index (χ0v) is 14.3. The molecular weight excluding hydrogens is 281 g/mol. The van der Waals surface area contributed by atoms with Gasteiger partial charge in [0.25, 0.3) is 0 Å². The van der Waals surface area contributed by atoms with Crippen molar-refractivity contribution < 1.29 is 9.13 Å². The van der Waals surface area contributed by atoms with Gasteiger partial charge in [-0.2, -0.15) is 0 Å². The molecule has 0 bridgehead atoms. The van der Waals surface area contributed by atoms with E-state index in [1.807, 2.05) is 6.07 Å². The van der Waals surface area contributed by atoms with E-state index >= 15 is 0 Å². The summed E-state index contributed by atoms with van der Waals surface area (Å²) >= 11 is 0. The van der Waals surface area contributed by atoms with E-state index in [9.17, 15) is 4.39 Å².